The Morgan fingerprint density at radius 2 is 2.62 bits per heavy atom. The highest BCUT2D eigenvalue weighted by Gasteiger charge is 2.16. The lowest BCUT2D eigenvalue weighted by molar-refractivity contribution is 0.0683. The Morgan fingerprint density at radius 3 is 3.15 bits per heavy atom. The molecule has 0 aliphatic rings. The molecule has 0 atom stereocenters. The molecule has 6 heteroatoms. The van der Waals surface area contributed by atoms with E-state index in [2.05, 4.69) is 25.7 Å². The van der Waals surface area contributed by atoms with E-state index in [-0.39, 0.29) is 4.47 Å². The third-order valence-corrected chi connectivity index (χ3v) is 1.76. The monoisotopic (exact) mass is 252 g/mol. The standard InChI is InChI=1S/C7H5BrFNO3/c1-13-6-3(8)2-4(9)5(10-6)7(11)12/h2H,1H3,(H,11,12)/i1D3. The lowest BCUT2D eigenvalue weighted by Crippen LogP contribution is -2.05. The topological polar surface area (TPSA) is 59.4 Å². The van der Waals surface area contributed by atoms with Crippen molar-refractivity contribution in [3.63, 3.8) is 0 Å². The van der Waals surface area contributed by atoms with Gasteiger partial charge in [0.25, 0.3) is 0 Å². The first-order chi connectivity index (χ1) is 7.20. The van der Waals surface area contributed by atoms with Gasteiger partial charge in [0.05, 0.1) is 15.6 Å². The number of carboxylic acid groups (broad SMARTS) is 1. The first kappa shape index (κ1) is 6.31. The van der Waals surface area contributed by atoms with Crippen LogP contribution in [0.1, 0.15) is 14.6 Å². The number of halogens is 2. The predicted molar refractivity (Wildman–Crippen MR) is 45.4 cm³/mol. The van der Waals surface area contributed by atoms with Crippen molar-refractivity contribution < 1.29 is 23.1 Å². The maximum atomic E-state index is 13.0. The summed E-state index contributed by atoms with van der Waals surface area (Å²) in [5, 5.41) is 8.57. The van der Waals surface area contributed by atoms with Crippen LogP contribution in [0.5, 0.6) is 5.88 Å². The summed E-state index contributed by atoms with van der Waals surface area (Å²) in [7, 11) is -2.79. The van der Waals surface area contributed by atoms with E-state index in [0.717, 1.165) is 6.07 Å². The predicted octanol–water partition coefficient (Wildman–Crippen LogP) is 1.69. The highest BCUT2D eigenvalue weighted by atomic mass is 79.9. The Bertz CT molecular complexity index is 438. The number of methoxy groups -OCH3 is 1. The van der Waals surface area contributed by atoms with E-state index in [9.17, 15) is 9.18 Å². The van der Waals surface area contributed by atoms with Crippen LogP contribution in [0.2, 0.25) is 0 Å². The molecule has 0 aliphatic heterocycles. The molecule has 1 aromatic heterocycles. The van der Waals surface area contributed by atoms with Gasteiger partial charge in [0, 0.05) is 0 Å². The van der Waals surface area contributed by atoms with Gasteiger partial charge < -0.3 is 9.84 Å². The second-order valence-electron chi connectivity index (χ2n) is 2.01. The minimum absolute atomic E-state index is 0.0777. The average molecular weight is 253 g/mol. The Balaban J connectivity index is 3.20. The zero-order chi connectivity index (χ0) is 12.5. The van der Waals surface area contributed by atoms with Crippen molar-refractivity contribution in [2.24, 2.45) is 0 Å². The number of ether oxygens (including phenoxy) is 1. The summed E-state index contributed by atoms with van der Waals surface area (Å²) >= 11 is 2.81. The number of nitrogens with zero attached hydrogens (tertiary/aromatic N) is 1. The zero-order valence-electron chi connectivity index (χ0n) is 9.04. The van der Waals surface area contributed by atoms with E-state index >= 15 is 0 Å². The van der Waals surface area contributed by atoms with Gasteiger partial charge in [0.15, 0.2) is 11.5 Å². The second kappa shape index (κ2) is 3.69. The van der Waals surface area contributed by atoms with E-state index in [1.807, 2.05) is 0 Å². The van der Waals surface area contributed by atoms with Crippen molar-refractivity contribution in [1.29, 1.82) is 0 Å². The molecule has 0 unspecified atom stereocenters. The fourth-order valence-electron chi connectivity index (χ4n) is 0.671. The fraction of sp³-hybridized carbons (Fsp3) is 0.143. The molecule has 0 fully saturated rings. The van der Waals surface area contributed by atoms with Crippen molar-refractivity contribution in [2.75, 3.05) is 7.04 Å². The number of pyridine rings is 1. The van der Waals surface area contributed by atoms with Crippen LogP contribution < -0.4 is 4.74 Å². The number of aromatic carboxylic acids is 1. The fourth-order valence-corrected chi connectivity index (χ4v) is 1.04. The molecule has 0 spiro atoms. The highest BCUT2D eigenvalue weighted by molar-refractivity contribution is 9.10. The van der Waals surface area contributed by atoms with Gasteiger partial charge in [-0.3, -0.25) is 0 Å². The summed E-state index contributed by atoms with van der Waals surface area (Å²) < 4.78 is 37.8. The molecule has 4 nitrogen and oxygen atoms in total. The Labute approximate surface area is 85.7 Å². The smallest absolute Gasteiger partial charge is 0.357 e. The maximum Gasteiger partial charge on any atom is 0.357 e. The largest absolute Gasteiger partial charge is 0.480 e. The SMILES string of the molecule is [2H]C([2H])([2H])Oc1nc(C(=O)O)c(F)cc1Br. The highest BCUT2D eigenvalue weighted by Crippen LogP contribution is 2.24. The minimum atomic E-state index is -2.79. The van der Waals surface area contributed by atoms with Crippen LogP contribution in [-0.4, -0.2) is 23.1 Å². The number of carboxylic acids is 1. The summed E-state index contributed by atoms with van der Waals surface area (Å²) in [5.74, 6) is -3.20. The molecule has 0 saturated heterocycles. The first-order valence-electron chi connectivity index (χ1n) is 4.49. The van der Waals surface area contributed by atoms with Crippen molar-refractivity contribution in [3.05, 3.63) is 22.1 Å². The molecule has 1 heterocycles. The molecule has 70 valence electrons. The van der Waals surface area contributed by atoms with Crippen LogP contribution >= 0.6 is 15.9 Å². The van der Waals surface area contributed by atoms with Gasteiger partial charge in [-0.25, -0.2) is 14.2 Å². The van der Waals surface area contributed by atoms with Gasteiger partial charge in [-0.2, -0.15) is 0 Å². The molecule has 0 amide bonds. The third-order valence-electron chi connectivity index (χ3n) is 1.20. The molecule has 1 N–H and O–H groups in total. The summed E-state index contributed by atoms with van der Waals surface area (Å²) in [5.41, 5.74) is -0.901. The quantitative estimate of drug-likeness (QED) is 0.871. The van der Waals surface area contributed by atoms with Crippen LogP contribution in [-0.2, 0) is 0 Å². The van der Waals surface area contributed by atoms with Crippen LogP contribution in [0.25, 0.3) is 0 Å². The number of rotatable bonds is 2. The van der Waals surface area contributed by atoms with Crippen LogP contribution in [0.3, 0.4) is 0 Å². The molecule has 0 aromatic carbocycles. The molecule has 0 radical (unpaired) electrons. The minimum Gasteiger partial charge on any atom is -0.480 e. The Hall–Kier alpha value is -1.17. The van der Waals surface area contributed by atoms with Crippen LogP contribution in [0.15, 0.2) is 10.5 Å². The maximum absolute atomic E-state index is 13.0. The Morgan fingerprint density at radius 1 is 1.92 bits per heavy atom. The number of hydrogen-bond donors (Lipinski definition) is 1. The summed E-state index contributed by atoms with van der Waals surface area (Å²) in [6.07, 6.45) is 0. The zero-order valence-corrected chi connectivity index (χ0v) is 7.63. The van der Waals surface area contributed by atoms with Crippen LogP contribution in [0.4, 0.5) is 4.39 Å². The summed E-state index contributed by atoms with van der Waals surface area (Å²) in [4.78, 5) is 13.8. The summed E-state index contributed by atoms with van der Waals surface area (Å²) in [6.45, 7) is 0. The number of aromatic nitrogens is 1. The lowest BCUT2D eigenvalue weighted by Gasteiger charge is -2.03. The number of carbonyl (C=O) groups is 1. The molecule has 1 aromatic rings. The van der Waals surface area contributed by atoms with Crippen LogP contribution in [0, 0.1) is 5.82 Å². The normalized spacial score (nSPS) is 14.2. The molecule has 13 heavy (non-hydrogen) atoms. The van der Waals surface area contributed by atoms with E-state index in [1.165, 1.54) is 0 Å². The average Bonchev–Trinajstić information content (AvgIpc) is 2.07. The van der Waals surface area contributed by atoms with Gasteiger partial charge in [-0.05, 0) is 22.0 Å². The van der Waals surface area contributed by atoms with Crippen molar-refractivity contribution >= 4 is 21.9 Å². The number of hydrogen-bond acceptors (Lipinski definition) is 3. The van der Waals surface area contributed by atoms with Gasteiger partial charge in [-0.15, -0.1) is 0 Å². The third kappa shape index (κ3) is 1.95. The van der Waals surface area contributed by atoms with Gasteiger partial charge in [-0.1, -0.05) is 0 Å². The summed E-state index contributed by atoms with van der Waals surface area (Å²) in [6, 6.07) is 0.775. The van der Waals surface area contributed by atoms with Gasteiger partial charge >= 0.3 is 5.97 Å². The van der Waals surface area contributed by atoms with Crippen molar-refractivity contribution in [2.45, 2.75) is 0 Å². The first-order valence-corrected chi connectivity index (χ1v) is 3.78. The molecular weight excluding hydrogens is 245 g/mol. The van der Waals surface area contributed by atoms with E-state index in [4.69, 9.17) is 9.22 Å². The van der Waals surface area contributed by atoms with Crippen molar-refractivity contribution in [3.8, 4) is 5.88 Å². The van der Waals surface area contributed by atoms with E-state index < -0.39 is 30.4 Å². The van der Waals surface area contributed by atoms with Gasteiger partial charge in [0.2, 0.25) is 5.88 Å². The Kier molecular flexibility index (Phi) is 1.79. The molecule has 0 aliphatic carbocycles. The van der Waals surface area contributed by atoms with E-state index in [1.54, 1.807) is 0 Å². The molecule has 0 bridgehead atoms. The van der Waals surface area contributed by atoms with Gasteiger partial charge in [0.1, 0.15) is 0 Å². The van der Waals surface area contributed by atoms with E-state index in [0.29, 0.717) is 0 Å². The molecule has 0 saturated carbocycles. The molecular formula is C7H5BrFNO3. The van der Waals surface area contributed by atoms with Crippen molar-refractivity contribution in [1.82, 2.24) is 4.98 Å². The lowest BCUT2D eigenvalue weighted by atomic mass is 10.3. The molecule has 1 rings (SSSR count). The second-order valence-corrected chi connectivity index (χ2v) is 2.87.